The molecule has 2 aromatic rings. The zero-order chi connectivity index (χ0) is 17.5. The molecule has 0 unspecified atom stereocenters. The highest BCUT2D eigenvalue weighted by Crippen LogP contribution is 2.22. The van der Waals surface area contributed by atoms with Crippen molar-refractivity contribution in [1.29, 1.82) is 5.26 Å². The molecule has 2 aromatic carbocycles. The summed E-state index contributed by atoms with van der Waals surface area (Å²) in [4.78, 5) is 12.1. The van der Waals surface area contributed by atoms with E-state index in [1.54, 1.807) is 36.4 Å². The SMILES string of the molecule is Cc1ccc(C(=O)N/N=C\c2cc(Br)ccc2OCC#N)c(Cl)c1. The van der Waals surface area contributed by atoms with Crippen molar-refractivity contribution in [3.63, 3.8) is 0 Å². The Kier molecular flexibility index (Phi) is 6.36. The predicted octanol–water partition coefficient (Wildman–Crippen LogP) is 4.08. The lowest BCUT2D eigenvalue weighted by Crippen LogP contribution is -2.18. The third-order valence-electron chi connectivity index (χ3n) is 3.00. The first-order chi connectivity index (χ1) is 11.5. The molecule has 24 heavy (non-hydrogen) atoms. The quantitative estimate of drug-likeness (QED) is 0.600. The van der Waals surface area contributed by atoms with Crippen molar-refractivity contribution in [2.45, 2.75) is 6.92 Å². The molecular weight excluding hydrogens is 394 g/mol. The number of halogens is 2. The Morgan fingerprint density at radius 1 is 1.42 bits per heavy atom. The van der Waals surface area contributed by atoms with Crippen LogP contribution in [0.25, 0.3) is 0 Å². The molecule has 0 aliphatic heterocycles. The number of benzene rings is 2. The minimum Gasteiger partial charge on any atom is -0.478 e. The molecule has 0 fully saturated rings. The first-order valence-corrected chi connectivity index (χ1v) is 8.07. The standard InChI is InChI=1S/C17H13BrClN3O2/c1-11-2-4-14(15(19)8-11)17(23)22-21-10-12-9-13(18)3-5-16(12)24-7-6-20/h2-5,8-10H,7H2,1H3,(H,22,23)/b21-10-. The van der Waals surface area contributed by atoms with Crippen LogP contribution in [0.3, 0.4) is 0 Å². The van der Waals surface area contributed by atoms with Crippen molar-refractivity contribution in [2.24, 2.45) is 5.10 Å². The average molecular weight is 407 g/mol. The molecule has 0 aromatic heterocycles. The van der Waals surface area contributed by atoms with Gasteiger partial charge in [0, 0.05) is 10.0 Å². The van der Waals surface area contributed by atoms with Gasteiger partial charge in [-0.05, 0) is 42.8 Å². The zero-order valence-corrected chi connectivity index (χ0v) is 15.1. The van der Waals surface area contributed by atoms with E-state index in [0.717, 1.165) is 10.0 Å². The molecule has 0 bridgehead atoms. The number of carbonyl (C=O) groups is 1. The summed E-state index contributed by atoms with van der Waals surface area (Å²) in [5.41, 5.74) is 4.35. The van der Waals surface area contributed by atoms with Crippen LogP contribution in [-0.2, 0) is 0 Å². The molecule has 0 atom stereocenters. The first-order valence-electron chi connectivity index (χ1n) is 6.90. The Bertz CT molecular complexity index is 831. The molecule has 0 aliphatic carbocycles. The van der Waals surface area contributed by atoms with Crippen LogP contribution in [0, 0.1) is 18.3 Å². The Morgan fingerprint density at radius 2 is 2.21 bits per heavy atom. The fourth-order valence-electron chi connectivity index (χ4n) is 1.89. The number of aryl methyl sites for hydroxylation is 1. The number of rotatable bonds is 5. The molecule has 0 saturated carbocycles. The third kappa shape index (κ3) is 4.82. The van der Waals surface area contributed by atoms with Gasteiger partial charge in [-0.2, -0.15) is 10.4 Å². The molecule has 0 aliphatic rings. The Hall–Kier alpha value is -2.36. The van der Waals surface area contributed by atoms with Gasteiger partial charge in [0.05, 0.1) is 16.8 Å². The maximum atomic E-state index is 12.1. The fourth-order valence-corrected chi connectivity index (χ4v) is 2.59. The number of hydrazone groups is 1. The van der Waals surface area contributed by atoms with Crippen LogP contribution in [0.4, 0.5) is 0 Å². The maximum absolute atomic E-state index is 12.1. The van der Waals surface area contributed by atoms with E-state index in [9.17, 15) is 4.79 Å². The first kappa shape index (κ1) is 18.0. The van der Waals surface area contributed by atoms with Gasteiger partial charge in [-0.15, -0.1) is 0 Å². The molecule has 0 spiro atoms. The second kappa shape index (κ2) is 8.48. The summed E-state index contributed by atoms with van der Waals surface area (Å²) in [5, 5.41) is 12.9. The van der Waals surface area contributed by atoms with Crippen molar-refractivity contribution >= 4 is 39.7 Å². The number of carbonyl (C=O) groups excluding carboxylic acids is 1. The van der Waals surface area contributed by atoms with Gasteiger partial charge in [0.25, 0.3) is 5.91 Å². The van der Waals surface area contributed by atoms with Crippen molar-refractivity contribution in [3.05, 3.63) is 62.6 Å². The minimum absolute atomic E-state index is 0.0756. The van der Waals surface area contributed by atoms with E-state index in [-0.39, 0.29) is 6.61 Å². The lowest BCUT2D eigenvalue weighted by atomic mass is 10.1. The average Bonchev–Trinajstić information content (AvgIpc) is 2.54. The van der Waals surface area contributed by atoms with Crippen LogP contribution in [0.2, 0.25) is 5.02 Å². The van der Waals surface area contributed by atoms with Gasteiger partial charge in [-0.25, -0.2) is 5.43 Å². The molecule has 7 heteroatoms. The summed E-state index contributed by atoms with van der Waals surface area (Å²) in [7, 11) is 0. The van der Waals surface area contributed by atoms with Crippen molar-refractivity contribution in [2.75, 3.05) is 6.61 Å². The highest BCUT2D eigenvalue weighted by atomic mass is 79.9. The molecule has 2 rings (SSSR count). The highest BCUT2D eigenvalue weighted by molar-refractivity contribution is 9.10. The van der Waals surface area contributed by atoms with Crippen molar-refractivity contribution in [1.82, 2.24) is 5.43 Å². The summed E-state index contributed by atoms with van der Waals surface area (Å²) in [6.45, 7) is 1.82. The van der Waals surface area contributed by atoms with Crippen molar-refractivity contribution in [3.8, 4) is 11.8 Å². The number of hydrogen-bond acceptors (Lipinski definition) is 4. The van der Waals surface area contributed by atoms with Gasteiger partial charge in [0.2, 0.25) is 0 Å². The second-order valence-corrected chi connectivity index (χ2v) is 6.13. The number of nitrogens with one attached hydrogen (secondary N) is 1. The summed E-state index contributed by atoms with van der Waals surface area (Å²) < 4.78 is 6.13. The number of nitrogens with zero attached hydrogens (tertiary/aromatic N) is 2. The molecule has 0 saturated heterocycles. The summed E-state index contributed by atoms with van der Waals surface area (Å²) in [6.07, 6.45) is 1.44. The largest absolute Gasteiger partial charge is 0.478 e. The molecule has 5 nitrogen and oxygen atoms in total. The van der Waals surface area contributed by atoms with Crippen LogP contribution >= 0.6 is 27.5 Å². The number of hydrogen-bond donors (Lipinski definition) is 1. The van der Waals surface area contributed by atoms with Gasteiger partial charge >= 0.3 is 0 Å². The van der Waals surface area contributed by atoms with Gasteiger partial charge in [0.1, 0.15) is 11.8 Å². The van der Waals surface area contributed by atoms with E-state index in [4.69, 9.17) is 21.6 Å². The van der Waals surface area contributed by atoms with E-state index in [1.807, 2.05) is 13.0 Å². The lowest BCUT2D eigenvalue weighted by molar-refractivity contribution is 0.0955. The van der Waals surface area contributed by atoms with Gasteiger partial charge in [-0.3, -0.25) is 4.79 Å². The smallest absolute Gasteiger partial charge is 0.272 e. The molecular formula is C17H13BrClN3O2. The van der Waals surface area contributed by atoms with Gasteiger partial charge in [-0.1, -0.05) is 33.6 Å². The number of amides is 1. The van der Waals surface area contributed by atoms with E-state index in [1.165, 1.54) is 6.21 Å². The minimum atomic E-state index is -0.411. The molecule has 0 heterocycles. The Morgan fingerprint density at radius 3 is 2.92 bits per heavy atom. The Balaban J connectivity index is 2.12. The Labute approximate surface area is 153 Å². The second-order valence-electron chi connectivity index (χ2n) is 4.81. The van der Waals surface area contributed by atoms with Crippen molar-refractivity contribution < 1.29 is 9.53 Å². The summed E-state index contributed by atoms with van der Waals surface area (Å²) >= 11 is 9.41. The van der Waals surface area contributed by atoms with Crippen LogP contribution < -0.4 is 10.2 Å². The van der Waals surface area contributed by atoms with Crippen LogP contribution in [0.15, 0.2) is 46.0 Å². The molecule has 1 amide bonds. The molecule has 122 valence electrons. The number of nitriles is 1. The van der Waals surface area contributed by atoms with E-state index in [0.29, 0.717) is 21.9 Å². The van der Waals surface area contributed by atoms with E-state index < -0.39 is 5.91 Å². The van der Waals surface area contributed by atoms with Crippen LogP contribution in [0.5, 0.6) is 5.75 Å². The fraction of sp³-hybridized carbons (Fsp3) is 0.118. The number of ether oxygens (including phenoxy) is 1. The van der Waals surface area contributed by atoms with E-state index in [2.05, 4.69) is 26.5 Å². The van der Waals surface area contributed by atoms with Crippen LogP contribution in [0.1, 0.15) is 21.5 Å². The van der Waals surface area contributed by atoms with Gasteiger partial charge < -0.3 is 4.74 Å². The van der Waals surface area contributed by atoms with Gasteiger partial charge in [0.15, 0.2) is 6.61 Å². The monoisotopic (exact) mass is 405 g/mol. The zero-order valence-electron chi connectivity index (χ0n) is 12.7. The normalized spacial score (nSPS) is 10.4. The summed E-state index contributed by atoms with van der Waals surface area (Å²) in [5.74, 6) is 0.0804. The highest BCUT2D eigenvalue weighted by Gasteiger charge is 2.09. The molecule has 1 N–H and O–H groups in total. The maximum Gasteiger partial charge on any atom is 0.272 e. The predicted molar refractivity (Wildman–Crippen MR) is 96.5 cm³/mol. The van der Waals surface area contributed by atoms with E-state index >= 15 is 0 Å². The van der Waals surface area contributed by atoms with Crippen LogP contribution in [-0.4, -0.2) is 18.7 Å². The molecule has 0 radical (unpaired) electrons. The summed E-state index contributed by atoms with van der Waals surface area (Å²) in [6, 6.07) is 12.3. The third-order valence-corrected chi connectivity index (χ3v) is 3.81. The topological polar surface area (TPSA) is 74.5 Å². The lowest BCUT2D eigenvalue weighted by Gasteiger charge is -2.06.